The highest BCUT2D eigenvalue weighted by molar-refractivity contribution is 5.73. The van der Waals surface area contributed by atoms with E-state index in [2.05, 4.69) is 13.5 Å². The van der Waals surface area contributed by atoms with Crippen LogP contribution in [0.1, 0.15) is 58.3 Å². The van der Waals surface area contributed by atoms with Crippen LogP contribution in [-0.4, -0.2) is 24.3 Å². The van der Waals surface area contributed by atoms with Crippen LogP contribution in [0.3, 0.4) is 0 Å². The molecule has 3 nitrogen and oxygen atoms in total. The van der Waals surface area contributed by atoms with Gasteiger partial charge in [0.15, 0.2) is 0 Å². The van der Waals surface area contributed by atoms with Crippen molar-refractivity contribution in [3.8, 4) is 0 Å². The molecule has 2 bridgehead atoms. The molecular weight excluding hydrogens is 288 g/mol. The van der Waals surface area contributed by atoms with E-state index in [4.69, 9.17) is 4.74 Å². The van der Waals surface area contributed by atoms with Gasteiger partial charge in [0.25, 0.3) is 0 Å². The number of ether oxygens (including phenoxy) is 1. The van der Waals surface area contributed by atoms with E-state index in [1.54, 1.807) is 0 Å². The monoisotopic (exact) mass is 318 g/mol. The normalized spacial score (nSPS) is 51.8. The lowest BCUT2D eigenvalue weighted by molar-refractivity contribution is -0.173. The molecule has 4 fully saturated rings. The molecule has 0 amide bonds. The van der Waals surface area contributed by atoms with Gasteiger partial charge >= 0.3 is 5.97 Å². The summed E-state index contributed by atoms with van der Waals surface area (Å²) in [5, 5.41) is 11.0. The highest BCUT2D eigenvalue weighted by Crippen LogP contribution is 2.70. The highest BCUT2D eigenvalue weighted by Gasteiger charge is 2.65. The van der Waals surface area contributed by atoms with Gasteiger partial charge in [0.2, 0.25) is 0 Å². The van der Waals surface area contributed by atoms with E-state index in [0.717, 1.165) is 37.7 Å². The first-order valence-corrected chi connectivity index (χ1v) is 9.38. The van der Waals surface area contributed by atoms with Crippen LogP contribution in [0.4, 0.5) is 0 Å². The van der Waals surface area contributed by atoms with Crippen LogP contribution in [-0.2, 0) is 9.53 Å². The molecule has 23 heavy (non-hydrogen) atoms. The van der Waals surface area contributed by atoms with E-state index >= 15 is 0 Å². The summed E-state index contributed by atoms with van der Waals surface area (Å²) in [6, 6.07) is 0. The quantitative estimate of drug-likeness (QED) is 0.592. The van der Waals surface area contributed by atoms with Gasteiger partial charge in [-0.2, -0.15) is 0 Å². The number of carbonyl (C=O) groups is 1. The number of rotatable bonds is 1. The maximum absolute atomic E-state index is 12.3. The van der Waals surface area contributed by atoms with Gasteiger partial charge in [-0.1, -0.05) is 19.9 Å². The van der Waals surface area contributed by atoms with Gasteiger partial charge < -0.3 is 9.84 Å². The van der Waals surface area contributed by atoms with Gasteiger partial charge in [-0.3, -0.25) is 4.79 Å². The molecule has 1 N–H and O–H groups in total. The molecule has 0 aromatic carbocycles. The molecule has 1 spiro atoms. The Labute approximate surface area is 139 Å². The number of hydrogen-bond donors (Lipinski definition) is 1. The van der Waals surface area contributed by atoms with E-state index in [-0.39, 0.29) is 28.8 Å². The van der Waals surface area contributed by atoms with Crippen LogP contribution >= 0.6 is 0 Å². The van der Waals surface area contributed by atoms with Gasteiger partial charge in [0.1, 0.15) is 0 Å². The van der Waals surface area contributed by atoms with Crippen molar-refractivity contribution in [1.29, 1.82) is 0 Å². The van der Waals surface area contributed by atoms with Crippen molar-refractivity contribution in [2.45, 2.75) is 64.4 Å². The summed E-state index contributed by atoms with van der Waals surface area (Å²) >= 11 is 0. The number of esters is 1. The Hall–Kier alpha value is -0.830. The van der Waals surface area contributed by atoms with Crippen LogP contribution in [0.2, 0.25) is 0 Å². The number of aliphatic hydroxyl groups is 1. The van der Waals surface area contributed by atoms with Crippen LogP contribution < -0.4 is 0 Å². The largest absolute Gasteiger partial charge is 0.469 e. The SMILES string of the molecule is C=C1[C@@H]2CC[C@H]3[C@]4(C)CCC[C@@H](C(=O)OC)[C@H]4CC[C@]3(C2)[C@@H]1O. The Morgan fingerprint density at radius 1 is 1.26 bits per heavy atom. The summed E-state index contributed by atoms with van der Waals surface area (Å²) in [4.78, 5) is 12.3. The number of hydrogen-bond acceptors (Lipinski definition) is 3. The lowest BCUT2D eigenvalue weighted by atomic mass is 9.43. The number of aliphatic hydroxyl groups excluding tert-OH is 1. The van der Waals surface area contributed by atoms with Crippen molar-refractivity contribution >= 4 is 5.97 Å². The maximum Gasteiger partial charge on any atom is 0.308 e. The van der Waals surface area contributed by atoms with Gasteiger partial charge in [-0.25, -0.2) is 0 Å². The minimum atomic E-state index is -0.323. The molecule has 0 unspecified atom stereocenters. The fourth-order valence-corrected chi connectivity index (χ4v) is 7.34. The second-order valence-electron chi connectivity index (χ2n) is 8.91. The Morgan fingerprint density at radius 2 is 2.04 bits per heavy atom. The van der Waals surface area contributed by atoms with E-state index < -0.39 is 0 Å². The summed E-state index contributed by atoms with van der Waals surface area (Å²) < 4.78 is 5.12. The van der Waals surface area contributed by atoms with Gasteiger partial charge in [-0.15, -0.1) is 0 Å². The fraction of sp³-hybridized carbons (Fsp3) is 0.850. The third-order valence-corrected chi connectivity index (χ3v) is 8.33. The molecule has 4 saturated carbocycles. The predicted octanol–water partition coefficient (Wildman–Crippen LogP) is 3.71. The average Bonchev–Trinajstić information content (AvgIpc) is 2.73. The summed E-state index contributed by atoms with van der Waals surface area (Å²) in [6.45, 7) is 6.63. The van der Waals surface area contributed by atoms with Gasteiger partial charge in [0, 0.05) is 5.41 Å². The smallest absolute Gasteiger partial charge is 0.308 e. The van der Waals surface area contributed by atoms with E-state index in [1.165, 1.54) is 26.4 Å². The van der Waals surface area contributed by atoms with Crippen LogP contribution in [0.25, 0.3) is 0 Å². The Bertz CT molecular complexity index is 541. The summed E-state index contributed by atoms with van der Waals surface area (Å²) in [5.74, 6) is 1.54. The fourth-order valence-electron chi connectivity index (χ4n) is 7.34. The topological polar surface area (TPSA) is 46.5 Å². The maximum atomic E-state index is 12.3. The van der Waals surface area contributed by atoms with Crippen LogP contribution in [0.5, 0.6) is 0 Å². The average molecular weight is 318 g/mol. The number of fused-ring (bicyclic) bond motifs is 3. The minimum Gasteiger partial charge on any atom is -0.469 e. The van der Waals surface area contributed by atoms with Gasteiger partial charge in [-0.05, 0) is 73.7 Å². The molecular formula is C20H30O3. The molecule has 0 aromatic rings. The second-order valence-corrected chi connectivity index (χ2v) is 8.91. The Balaban J connectivity index is 1.72. The van der Waals surface area contributed by atoms with E-state index in [9.17, 15) is 9.90 Å². The molecule has 4 aliphatic rings. The second kappa shape index (κ2) is 5.08. The molecule has 7 atom stereocenters. The summed E-state index contributed by atoms with van der Waals surface area (Å²) in [7, 11) is 1.52. The van der Waals surface area contributed by atoms with E-state index in [0.29, 0.717) is 17.8 Å². The molecule has 0 saturated heterocycles. The standard InChI is InChI=1S/C20H30O3/c1-12-13-6-7-16-19(2)9-4-5-14(18(22)23-3)15(19)8-10-20(16,11-13)17(12)21/h13-17,21H,1,4-11H2,2-3H3/t13-,14-,15-,16+,17-,19-,20-/m1/s1. The van der Waals surface area contributed by atoms with Crippen LogP contribution in [0, 0.1) is 34.5 Å². The van der Waals surface area contributed by atoms with Gasteiger partial charge in [0.05, 0.1) is 19.1 Å². The van der Waals surface area contributed by atoms with Crippen molar-refractivity contribution in [2.75, 3.05) is 7.11 Å². The third-order valence-electron chi connectivity index (χ3n) is 8.33. The summed E-state index contributed by atoms with van der Waals surface area (Å²) in [6.07, 6.45) is 8.58. The summed E-state index contributed by atoms with van der Waals surface area (Å²) in [5.41, 5.74) is 1.31. The van der Waals surface area contributed by atoms with Crippen molar-refractivity contribution in [2.24, 2.45) is 34.5 Å². The zero-order valence-electron chi connectivity index (χ0n) is 14.5. The van der Waals surface area contributed by atoms with Crippen molar-refractivity contribution in [3.05, 3.63) is 12.2 Å². The van der Waals surface area contributed by atoms with Crippen molar-refractivity contribution < 1.29 is 14.6 Å². The van der Waals surface area contributed by atoms with Crippen molar-refractivity contribution in [3.63, 3.8) is 0 Å². The first-order chi connectivity index (χ1) is 10.9. The van der Waals surface area contributed by atoms with E-state index in [1.807, 2.05) is 0 Å². The first kappa shape index (κ1) is 15.7. The zero-order valence-corrected chi connectivity index (χ0v) is 14.5. The molecule has 128 valence electrons. The molecule has 3 heteroatoms. The van der Waals surface area contributed by atoms with Crippen molar-refractivity contribution in [1.82, 2.24) is 0 Å². The highest BCUT2D eigenvalue weighted by atomic mass is 16.5. The lowest BCUT2D eigenvalue weighted by Crippen LogP contribution is -2.57. The zero-order chi connectivity index (χ0) is 16.4. The molecule has 0 heterocycles. The lowest BCUT2D eigenvalue weighted by Gasteiger charge is -2.61. The molecule has 0 aliphatic heterocycles. The molecule has 0 radical (unpaired) electrons. The third kappa shape index (κ3) is 1.89. The Kier molecular flexibility index (Phi) is 3.46. The molecule has 0 aromatic heterocycles. The first-order valence-electron chi connectivity index (χ1n) is 9.38. The van der Waals surface area contributed by atoms with Crippen LogP contribution in [0.15, 0.2) is 12.2 Å². The minimum absolute atomic E-state index is 0.0121. The molecule has 4 rings (SSSR count). The predicted molar refractivity (Wildman–Crippen MR) is 88.6 cm³/mol. The Morgan fingerprint density at radius 3 is 2.78 bits per heavy atom. The molecule has 4 aliphatic carbocycles. The number of methoxy groups -OCH3 is 1. The number of carbonyl (C=O) groups excluding carboxylic acids is 1.